The van der Waals surface area contributed by atoms with Crippen LogP contribution in [0.25, 0.3) is 0 Å². The molecule has 2 N–H and O–H groups in total. The van der Waals surface area contributed by atoms with Gasteiger partial charge in [-0.3, -0.25) is 4.79 Å². The SMILES string of the molecule is Cc1cccc(Cl)c1NC(=O)c1cnc(Nc2ccnc(N(C)C)n2)s1. The zero-order valence-electron chi connectivity index (χ0n) is 14.4. The number of para-hydroxylation sites is 1. The molecule has 2 heterocycles. The molecule has 0 bridgehead atoms. The van der Waals surface area contributed by atoms with Crippen LogP contribution in [0.4, 0.5) is 22.6 Å². The molecule has 0 atom stereocenters. The number of nitrogens with one attached hydrogen (secondary N) is 2. The van der Waals surface area contributed by atoms with Crippen molar-refractivity contribution in [3.63, 3.8) is 0 Å². The lowest BCUT2D eigenvalue weighted by Gasteiger charge is -2.10. The minimum atomic E-state index is -0.261. The molecule has 1 amide bonds. The second kappa shape index (κ2) is 7.67. The third-order valence-electron chi connectivity index (χ3n) is 3.47. The van der Waals surface area contributed by atoms with Crippen LogP contribution in [0.1, 0.15) is 15.2 Å². The molecule has 0 saturated heterocycles. The van der Waals surface area contributed by atoms with Gasteiger partial charge < -0.3 is 15.5 Å². The third kappa shape index (κ3) is 4.09. The zero-order valence-corrected chi connectivity index (χ0v) is 16.0. The summed E-state index contributed by atoms with van der Waals surface area (Å²) in [5, 5.41) is 6.98. The van der Waals surface area contributed by atoms with Crippen LogP contribution in [0.15, 0.2) is 36.7 Å². The fourth-order valence-corrected chi connectivity index (χ4v) is 3.13. The Morgan fingerprint density at radius 1 is 1.23 bits per heavy atom. The number of carbonyl (C=O) groups is 1. The number of aromatic nitrogens is 3. The molecule has 0 spiro atoms. The van der Waals surface area contributed by atoms with E-state index in [9.17, 15) is 4.79 Å². The minimum Gasteiger partial charge on any atom is -0.347 e. The Hall–Kier alpha value is -2.71. The molecule has 3 aromatic rings. The molecule has 7 nitrogen and oxygen atoms in total. The number of aryl methyl sites for hydroxylation is 1. The maximum atomic E-state index is 12.5. The zero-order chi connectivity index (χ0) is 18.7. The van der Waals surface area contributed by atoms with Crippen molar-refractivity contribution >= 4 is 51.4 Å². The lowest BCUT2D eigenvalue weighted by molar-refractivity contribution is 0.103. The normalized spacial score (nSPS) is 10.5. The second-order valence-electron chi connectivity index (χ2n) is 5.68. The largest absolute Gasteiger partial charge is 0.347 e. The Morgan fingerprint density at radius 2 is 2.04 bits per heavy atom. The van der Waals surface area contributed by atoms with Crippen LogP contribution in [0, 0.1) is 6.92 Å². The van der Waals surface area contributed by atoms with Crippen molar-refractivity contribution < 1.29 is 4.79 Å². The number of halogens is 1. The lowest BCUT2D eigenvalue weighted by Crippen LogP contribution is -2.13. The third-order valence-corrected chi connectivity index (χ3v) is 4.69. The molecule has 9 heteroatoms. The van der Waals surface area contributed by atoms with Gasteiger partial charge in [0.05, 0.1) is 16.9 Å². The summed E-state index contributed by atoms with van der Waals surface area (Å²) in [6.07, 6.45) is 3.18. The van der Waals surface area contributed by atoms with Crippen molar-refractivity contribution in [3.8, 4) is 0 Å². The summed E-state index contributed by atoms with van der Waals surface area (Å²) < 4.78 is 0. The van der Waals surface area contributed by atoms with Crippen LogP contribution >= 0.6 is 22.9 Å². The van der Waals surface area contributed by atoms with E-state index in [4.69, 9.17) is 11.6 Å². The highest BCUT2D eigenvalue weighted by Gasteiger charge is 2.14. The second-order valence-corrected chi connectivity index (χ2v) is 7.11. The fourth-order valence-electron chi connectivity index (χ4n) is 2.15. The monoisotopic (exact) mass is 388 g/mol. The van der Waals surface area contributed by atoms with E-state index in [1.807, 2.05) is 33.2 Å². The molecule has 0 saturated carbocycles. The van der Waals surface area contributed by atoms with Gasteiger partial charge in [0, 0.05) is 20.3 Å². The summed E-state index contributed by atoms with van der Waals surface area (Å²) in [5.74, 6) is 0.925. The van der Waals surface area contributed by atoms with E-state index in [1.54, 1.807) is 23.2 Å². The summed E-state index contributed by atoms with van der Waals surface area (Å²) in [6.45, 7) is 1.89. The van der Waals surface area contributed by atoms with Crippen molar-refractivity contribution in [3.05, 3.63) is 52.1 Å². The number of benzene rings is 1. The van der Waals surface area contributed by atoms with Crippen LogP contribution in [0.2, 0.25) is 5.02 Å². The Kier molecular flexibility index (Phi) is 5.34. The highest BCUT2D eigenvalue weighted by atomic mass is 35.5. The van der Waals surface area contributed by atoms with Gasteiger partial charge in [-0.15, -0.1) is 0 Å². The molecule has 1 aromatic carbocycles. The van der Waals surface area contributed by atoms with Crippen molar-refractivity contribution in [1.29, 1.82) is 0 Å². The van der Waals surface area contributed by atoms with Crippen LogP contribution in [0.5, 0.6) is 0 Å². The molecule has 26 heavy (non-hydrogen) atoms. The predicted molar refractivity (Wildman–Crippen MR) is 106 cm³/mol. The average molecular weight is 389 g/mol. The first-order valence-corrected chi connectivity index (χ1v) is 8.93. The van der Waals surface area contributed by atoms with Gasteiger partial charge in [0.2, 0.25) is 5.95 Å². The van der Waals surface area contributed by atoms with E-state index in [0.29, 0.717) is 32.5 Å². The number of hydrogen-bond donors (Lipinski definition) is 2. The number of carbonyl (C=O) groups excluding carboxylic acids is 1. The van der Waals surface area contributed by atoms with Gasteiger partial charge in [-0.25, -0.2) is 9.97 Å². The lowest BCUT2D eigenvalue weighted by atomic mass is 10.2. The molecule has 2 aromatic heterocycles. The average Bonchev–Trinajstić information content (AvgIpc) is 3.07. The number of thiazole rings is 1. The first-order chi connectivity index (χ1) is 12.4. The first-order valence-electron chi connectivity index (χ1n) is 7.73. The van der Waals surface area contributed by atoms with Crippen LogP contribution in [-0.4, -0.2) is 35.0 Å². The quantitative estimate of drug-likeness (QED) is 0.688. The Balaban J connectivity index is 1.73. The van der Waals surface area contributed by atoms with Crippen LogP contribution in [-0.2, 0) is 0 Å². The maximum absolute atomic E-state index is 12.5. The van der Waals surface area contributed by atoms with Gasteiger partial charge in [-0.2, -0.15) is 4.98 Å². The van der Waals surface area contributed by atoms with Crippen molar-refractivity contribution in [2.45, 2.75) is 6.92 Å². The topological polar surface area (TPSA) is 83.0 Å². The maximum Gasteiger partial charge on any atom is 0.267 e. The first kappa shape index (κ1) is 18.1. The van der Waals surface area contributed by atoms with Gasteiger partial charge >= 0.3 is 0 Å². The molecular weight excluding hydrogens is 372 g/mol. The molecule has 0 unspecified atom stereocenters. The molecule has 0 aliphatic carbocycles. The molecule has 0 radical (unpaired) electrons. The molecule has 3 rings (SSSR count). The Bertz CT molecular complexity index is 922. The number of rotatable bonds is 5. The minimum absolute atomic E-state index is 0.261. The molecule has 0 aliphatic heterocycles. The van der Waals surface area contributed by atoms with E-state index in [1.165, 1.54) is 17.5 Å². The summed E-state index contributed by atoms with van der Waals surface area (Å²) in [6, 6.07) is 7.20. The fraction of sp³-hybridized carbons (Fsp3) is 0.176. The highest BCUT2D eigenvalue weighted by Crippen LogP contribution is 2.27. The van der Waals surface area contributed by atoms with Gasteiger partial charge in [0.15, 0.2) is 5.13 Å². The van der Waals surface area contributed by atoms with Crippen LogP contribution in [0.3, 0.4) is 0 Å². The molecule has 0 aliphatic rings. The van der Waals surface area contributed by atoms with Gasteiger partial charge in [-0.05, 0) is 24.6 Å². The van der Waals surface area contributed by atoms with Gasteiger partial charge in [0.25, 0.3) is 5.91 Å². The number of nitrogens with zero attached hydrogens (tertiary/aromatic N) is 4. The summed E-state index contributed by atoms with van der Waals surface area (Å²) >= 11 is 7.39. The van der Waals surface area contributed by atoms with E-state index < -0.39 is 0 Å². The molecule has 0 fully saturated rings. The van der Waals surface area contributed by atoms with E-state index in [2.05, 4.69) is 25.6 Å². The predicted octanol–water partition coefficient (Wildman–Crippen LogP) is 3.96. The Labute approximate surface area is 160 Å². The summed E-state index contributed by atoms with van der Waals surface area (Å²) in [5.41, 5.74) is 1.50. The van der Waals surface area contributed by atoms with Gasteiger partial charge in [-0.1, -0.05) is 35.1 Å². The highest BCUT2D eigenvalue weighted by molar-refractivity contribution is 7.17. The van der Waals surface area contributed by atoms with Gasteiger partial charge in [0.1, 0.15) is 10.7 Å². The van der Waals surface area contributed by atoms with E-state index in [0.717, 1.165) is 5.56 Å². The summed E-state index contributed by atoms with van der Waals surface area (Å²) in [4.78, 5) is 27.5. The van der Waals surface area contributed by atoms with Crippen LogP contribution < -0.4 is 15.5 Å². The smallest absolute Gasteiger partial charge is 0.267 e. The summed E-state index contributed by atoms with van der Waals surface area (Å²) in [7, 11) is 3.73. The van der Waals surface area contributed by atoms with Crippen molar-refractivity contribution in [2.75, 3.05) is 29.6 Å². The molecule has 134 valence electrons. The number of amides is 1. The number of anilines is 4. The standard InChI is InChI=1S/C17H17ClN6OS/c1-10-5-4-6-11(18)14(10)23-15(25)12-9-20-17(26-12)22-13-7-8-19-16(21-13)24(2)3/h4-9H,1-3H3,(H,23,25)(H,19,20,21,22). The van der Waals surface area contributed by atoms with Crippen molar-refractivity contribution in [2.24, 2.45) is 0 Å². The Morgan fingerprint density at radius 3 is 2.77 bits per heavy atom. The van der Waals surface area contributed by atoms with E-state index in [-0.39, 0.29) is 5.91 Å². The molecular formula is C17H17ClN6OS. The van der Waals surface area contributed by atoms with Crippen molar-refractivity contribution in [1.82, 2.24) is 15.0 Å². The number of hydrogen-bond acceptors (Lipinski definition) is 7. The van der Waals surface area contributed by atoms with E-state index >= 15 is 0 Å².